The maximum Gasteiger partial charge on any atom is 0.248 e. The van der Waals surface area contributed by atoms with Crippen molar-refractivity contribution in [3.05, 3.63) is 29.8 Å². The molecular formula is C17H26ClN3O3. The Morgan fingerprint density at radius 1 is 1.29 bits per heavy atom. The predicted molar refractivity (Wildman–Crippen MR) is 95.5 cm³/mol. The molecule has 1 aromatic rings. The number of benzene rings is 1. The molecule has 1 atom stereocenters. The summed E-state index contributed by atoms with van der Waals surface area (Å²) in [5, 5.41) is 6.31. The zero-order chi connectivity index (χ0) is 16.5. The van der Waals surface area contributed by atoms with Crippen LogP contribution in [0.3, 0.4) is 0 Å². The Kier molecular flexibility index (Phi) is 9.19. The monoisotopic (exact) mass is 355 g/mol. The topological polar surface area (TPSA) is 93.5 Å². The number of hydrogen-bond acceptors (Lipinski definition) is 4. The van der Waals surface area contributed by atoms with Crippen LogP contribution in [0.5, 0.6) is 5.75 Å². The largest absolute Gasteiger partial charge is 0.493 e. The van der Waals surface area contributed by atoms with Crippen molar-refractivity contribution < 1.29 is 14.3 Å². The molecule has 24 heavy (non-hydrogen) atoms. The van der Waals surface area contributed by atoms with E-state index in [2.05, 4.69) is 10.6 Å². The van der Waals surface area contributed by atoms with Gasteiger partial charge in [-0.25, -0.2) is 0 Å². The van der Waals surface area contributed by atoms with E-state index in [1.807, 2.05) is 0 Å². The molecule has 0 radical (unpaired) electrons. The number of nitrogens with one attached hydrogen (secondary N) is 2. The van der Waals surface area contributed by atoms with Crippen LogP contribution in [0.15, 0.2) is 24.3 Å². The van der Waals surface area contributed by atoms with Crippen molar-refractivity contribution in [2.24, 2.45) is 11.7 Å². The van der Waals surface area contributed by atoms with Gasteiger partial charge in [-0.3, -0.25) is 9.59 Å². The molecule has 1 aliphatic rings. The Bertz CT molecular complexity index is 516. The third kappa shape index (κ3) is 7.19. The molecule has 6 nitrogen and oxygen atoms in total. The molecule has 0 saturated carbocycles. The summed E-state index contributed by atoms with van der Waals surface area (Å²) in [5.74, 6) is 0.826. The zero-order valence-electron chi connectivity index (χ0n) is 13.8. The van der Waals surface area contributed by atoms with Gasteiger partial charge in [-0.1, -0.05) is 0 Å². The number of rotatable bonds is 8. The molecule has 4 N–H and O–H groups in total. The SMILES string of the molecule is Cl.NC(=O)c1ccc(OCCC(=O)NCCC2CCCNC2)cc1. The molecule has 2 amide bonds. The summed E-state index contributed by atoms with van der Waals surface area (Å²) in [4.78, 5) is 22.7. The summed E-state index contributed by atoms with van der Waals surface area (Å²) in [6, 6.07) is 6.56. The summed E-state index contributed by atoms with van der Waals surface area (Å²) in [6.07, 6.45) is 3.81. The molecule has 1 aromatic carbocycles. The molecule has 7 heteroatoms. The van der Waals surface area contributed by atoms with Gasteiger partial charge in [-0.05, 0) is 62.5 Å². The van der Waals surface area contributed by atoms with Crippen molar-refractivity contribution in [2.75, 3.05) is 26.2 Å². The van der Waals surface area contributed by atoms with Crippen LogP contribution in [0.25, 0.3) is 0 Å². The summed E-state index contributed by atoms with van der Waals surface area (Å²) >= 11 is 0. The van der Waals surface area contributed by atoms with Crippen molar-refractivity contribution in [3.63, 3.8) is 0 Å². The van der Waals surface area contributed by atoms with Gasteiger partial charge < -0.3 is 21.1 Å². The Hall–Kier alpha value is -1.79. The lowest BCUT2D eigenvalue weighted by molar-refractivity contribution is -0.121. The maximum absolute atomic E-state index is 11.8. The highest BCUT2D eigenvalue weighted by Crippen LogP contribution is 2.13. The number of nitrogens with two attached hydrogens (primary N) is 1. The molecule has 1 unspecified atom stereocenters. The van der Waals surface area contributed by atoms with Gasteiger partial charge in [0.25, 0.3) is 0 Å². The van der Waals surface area contributed by atoms with E-state index in [1.165, 1.54) is 12.8 Å². The van der Waals surface area contributed by atoms with E-state index >= 15 is 0 Å². The molecule has 0 aliphatic carbocycles. The fraction of sp³-hybridized carbons (Fsp3) is 0.529. The number of carbonyl (C=O) groups excluding carboxylic acids is 2. The molecule has 2 rings (SSSR count). The number of amides is 2. The molecule has 0 spiro atoms. The van der Waals surface area contributed by atoms with Gasteiger partial charge in [0.2, 0.25) is 11.8 Å². The number of primary amides is 1. The minimum atomic E-state index is -0.468. The summed E-state index contributed by atoms with van der Waals surface area (Å²) in [7, 11) is 0. The van der Waals surface area contributed by atoms with Gasteiger partial charge in [0.1, 0.15) is 5.75 Å². The van der Waals surface area contributed by atoms with E-state index < -0.39 is 5.91 Å². The zero-order valence-corrected chi connectivity index (χ0v) is 14.6. The van der Waals surface area contributed by atoms with Crippen LogP contribution < -0.4 is 21.1 Å². The third-order valence-corrected chi connectivity index (χ3v) is 4.01. The number of hydrogen-bond donors (Lipinski definition) is 3. The molecule has 134 valence electrons. The quantitative estimate of drug-likeness (QED) is 0.658. The van der Waals surface area contributed by atoms with Gasteiger partial charge in [-0.2, -0.15) is 0 Å². The van der Waals surface area contributed by atoms with Crippen molar-refractivity contribution >= 4 is 24.2 Å². The predicted octanol–water partition coefficient (Wildman–Crippen LogP) is 1.48. The highest BCUT2D eigenvalue weighted by molar-refractivity contribution is 5.92. The molecule has 1 saturated heterocycles. The molecule has 1 heterocycles. The van der Waals surface area contributed by atoms with Gasteiger partial charge in [-0.15, -0.1) is 12.4 Å². The summed E-state index contributed by atoms with van der Waals surface area (Å²) in [5.41, 5.74) is 5.60. The van der Waals surface area contributed by atoms with E-state index in [1.54, 1.807) is 24.3 Å². The van der Waals surface area contributed by atoms with Gasteiger partial charge in [0.15, 0.2) is 0 Å². The van der Waals surface area contributed by atoms with Crippen molar-refractivity contribution in [1.29, 1.82) is 0 Å². The third-order valence-electron chi connectivity index (χ3n) is 4.01. The van der Waals surface area contributed by atoms with Crippen molar-refractivity contribution in [3.8, 4) is 5.75 Å². The first kappa shape index (κ1) is 20.3. The lowest BCUT2D eigenvalue weighted by atomic mass is 9.96. The van der Waals surface area contributed by atoms with Crippen LogP contribution in [0.4, 0.5) is 0 Å². The Labute approximate surface area is 148 Å². The second-order valence-electron chi connectivity index (χ2n) is 5.84. The minimum absolute atomic E-state index is 0. The van der Waals surface area contributed by atoms with Crippen LogP contribution in [-0.2, 0) is 4.79 Å². The first-order valence-corrected chi connectivity index (χ1v) is 8.15. The standard InChI is InChI=1S/C17H25N3O3.ClH/c18-17(22)14-3-5-15(6-4-14)23-11-8-16(21)20-10-7-13-2-1-9-19-12-13;/h3-6,13,19H,1-2,7-12H2,(H2,18,22)(H,20,21);1H. The van der Waals surface area contributed by atoms with E-state index in [4.69, 9.17) is 10.5 Å². The van der Waals surface area contributed by atoms with Crippen LogP contribution in [0.1, 0.15) is 36.0 Å². The summed E-state index contributed by atoms with van der Waals surface area (Å²) < 4.78 is 5.48. The van der Waals surface area contributed by atoms with E-state index in [-0.39, 0.29) is 18.3 Å². The summed E-state index contributed by atoms with van der Waals surface area (Å²) in [6.45, 7) is 3.20. The normalized spacial score (nSPS) is 16.8. The molecule has 0 bridgehead atoms. The maximum atomic E-state index is 11.8. The average molecular weight is 356 g/mol. The fourth-order valence-electron chi connectivity index (χ4n) is 2.65. The van der Waals surface area contributed by atoms with Crippen molar-refractivity contribution in [2.45, 2.75) is 25.7 Å². The smallest absolute Gasteiger partial charge is 0.248 e. The number of carbonyl (C=O) groups is 2. The average Bonchev–Trinajstić information content (AvgIpc) is 2.56. The van der Waals surface area contributed by atoms with E-state index in [9.17, 15) is 9.59 Å². The fourth-order valence-corrected chi connectivity index (χ4v) is 2.65. The highest BCUT2D eigenvalue weighted by Gasteiger charge is 2.12. The Morgan fingerprint density at radius 3 is 2.67 bits per heavy atom. The van der Waals surface area contributed by atoms with E-state index in [0.29, 0.717) is 30.3 Å². The van der Waals surface area contributed by atoms with Crippen molar-refractivity contribution in [1.82, 2.24) is 10.6 Å². The van der Waals surface area contributed by atoms with Gasteiger partial charge in [0, 0.05) is 12.1 Å². The van der Waals surface area contributed by atoms with Crippen LogP contribution in [0.2, 0.25) is 0 Å². The Morgan fingerprint density at radius 2 is 2.04 bits per heavy atom. The Balaban J connectivity index is 0.00000288. The molecular weight excluding hydrogens is 330 g/mol. The van der Waals surface area contributed by atoms with Gasteiger partial charge in [0.05, 0.1) is 13.0 Å². The second kappa shape index (κ2) is 10.9. The lowest BCUT2D eigenvalue weighted by Crippen LogP contribution is -2.33. The number of halogens is 1. The number of piperidine rings is 1. The first-order chi connectivity index (χ1) is 11.1. The molecule has 1 aliphatic heterocycles. The molecule has 0 aromatic heterocycles. The lowest BCUT2D eigenvalue weighted by Gasteiger charge is -2.22. The molecule has 1 fully saturated rings. The van der Waals surface area contributed by atoms with Crippen LogP contribution in [-0.4, -0.2) is 38.1 Å². The van der Waals surface area contributed by atoms with Crippen LogP contribution >= 0.6 is 12.4 Å². The second-order valence-corrected chi connectivity index (χ2v) is 5.84. The van der Waals surface area contributed by atoms with Crippen LogP contribution in [0, 0.1) is 5.92 Å². The highest BCUT2D eigenvalue weighted by atomic mass is 35.5. The minimum Gasteiger partial charge on any atom is -0.493 e. The van der Waals surface area contributed by atoms with Gasteiger partial charge >= 0.3 is 0 Å². The van der Waals surface area contributed by atoms with E-state index in [0.717, 1.165) is 26.1 Å². The first-order valence-electron chi connectivity index (χ1n) is 8.15. The number of ether oxygens (including phenoxy) is 1.